The Labute approximate surface area is 110 Å². The van der Waals surface area contributed by atoms with Gasteiger partial charge in [0.2, 0.25) is 5.89 Å². The zero-order valence-corrected chi connectivity index (χ0v) is 11.7. The van der Waals surface area contributed by atoms with Crippen molar-refractivity contribution in [2.24, 2.45) is 11.7 Å². The standard InChI is InChI=1S/C12H18N4OS/c1-7(2)9(13)4-11-15-10(16-17-11)5-12-14-8(3)6-18-12/h6-7,9H,4-5,13H2,1-3H3. The third-order valence-corrected chi connectivity index (χ3v) is 3.72. The second kappa shape index (κ2) is 5.58. The van der Waals surface area contributed by atoms with Gasteiger partial charge in [-0.3, -0.25) is 0 Å². The molecule has 6 heteroatoms. The second-order valence-electron chi connectivity index (χ2n) is 4.78. The summed E-state index contributed by atoms with van der Waals surface area (Å²) in [6.07, 6.45) is 1.25. The predicted molar refractivity (Wildman–Crippen MR) is 70.5 cm³/mol. The van der Waals surface area contributed by atoms with Crippen molar-refractivity contribution in [3.63, 3.8) is 0 Å². The summed E-state index contributed by atoms with van der Waals surface area (Å²) in [7, 11) is 0. The SMILES string of the molecule is Cc1csc(Cc2noc(CC(N)C(C)C)n2)n1. The average molecular weight is 266 g/mol. The van der Waals surface area contributed by atoms with E-state index in [9.17, 15) is 0 Å². The number of nitrogens with zero attached hydrogens (tertiary/aromatic N) is 3. The fourth-order valence-electron chi connectivity index (χ4n) is 1.50. The Morgan fingerprint density at radius 1 is 1.39 bits per heavy atom. The van der Waals surface area contributed by atoms with Crippen LogP contribution in [0.4, 0.5) is 0 Å². The summed E-state index contributed by atoms with van der Waals surface area (Å²) in [5, 5.41) is 6.98. The van der Waals surface area contributed by atoms with Crippen molar-refractivity contribution in [3.05, 3.63) is 27.8 Å². The fraction of sp³-hybridized carbons (Fsp3) is 0.583. The Morgan fingerprint density at radius 2 is 2.17 bits per heavy atom. The zero-order valence-electron chi connectivity index (χ0n) is 10.9. The van der Waals surface area contributed by atoms with Crippen molar-refractivity contribution >= 4 is 11.3 Å². The molecule has 0 radical (unpaired) electrons. The summed E-state index contributed by atoms with van der Waals surface area (Å²) in [4.78, 5) is 8.72. The highest BCUT2D eigenvalue weighted by atomic mass is 32.1. The van der Waals surface area contributed by atoms with E-state index >= 15 is 0 Å². The van der Waals surface area contributed by atoms with Crippen LogP contribution in [0, 0.1) is 12.8 Å². The number of aryl methyl sites for hydroxylation is 1. The maximum atomic E-state index is 5.98. The summed E-state index contributed by atoms with van der Waals surface area (Å²) in [5.74, 6) is 1.69. The minimum atomic E-state index is 0.0559. The van der Waals surface area contributed by atoms with Gasteiger partial charge < -0.3 is 10.3 Å². The van der Waals surface area contributed by atoms with Crippen LogP contribution >= 0.6 is 11.3 Å². The van der Waals surface area contributed by atoms with E-state index < -0.39 is 0 Å². The normalized spacial score (nSPS) is 13.2. The molecule has 0 fully saturated rings. The van der Waals surface area contributed by atoms with E-state index in [0.29, 0.717) is 30.5 Å². The summed E-state index contributed by atoms with van der Waals surface area (Å²) < 4.78 is 5.20. The quantitative estimate of drug-likeness (QED) is 0.895. The Balaban J connectivity index is 1.98. The fourth-order valence-corrected chi connectivity index (χ4v) is 2.27. The molecule has 0 bridgehead atoms. The molecular weight excluding hydrogens is 248 g/mol. The number of thiazole rings is 1. The van der Waals surface area contributed by atoms with Crippen molar-refractivity contribution in [1.82, 2.24) is 15.1 Å². The molecule has 5 nitrogen and oxygen atoms in total. The minimum absolute atomic E-state index is 0.0559. The average Bonchev–Trinajstić information content (AvgIpc) is 2.89. The lowest BCUT2D eigenvalue weighted by Gasteiger charge is -2.11. The minimum Gasteiger partial charge on any atom is -0.339 e. The van der Waals surface area contributed by atoms with Crippen molar-refractivity contribution < 1.29 is 4.52 Å². The summed E-state index contributed by atoms with van der Waals surface area (Å²) in [5.41, 5.74) is 7.00. The molecular formula is C12H18N4OS. The van der Waals surface area contributed by atoms with E-state index in [1.54, 1.807) is 11.3 Å². The van der Waals surface area contributed by atoms with E-state index in [2.05, 4.69) is 29.0 Å². The molecule has 2 aromatic rings. The van der Waals surface area contributed by atoms with Gasteiger partial charge in [0, 0.05) is 23.5 Å². The van der Waals surface area contributed by atoms with Crippen LogP contribution in [0.1, 0.15) is 36.3 Å². The van der Waals surface area contributed by atoms with Gasteiger partial charge in [-0.05, 0) is 12.8 Å². The van der Waals surface area contributed by atoms with Crippen LogP contribution in [0.2, 0.25) is 0 Å². The van der Waals surface area contributed by atoms with Gasteiger partial charge in [-0.1, -0.05) is 19.0 Å². The molecule has 0 aliphatic rings. The molecule has 0 aromatic carbocycles. The van der Waals surface area contributed by atoms with Crippen LogP contribution in [0.5, 0.6) is 0 Å². The van der Waals surface area contributed by atoms with Gasteiger partial charge >= 0.3 is 0 Å². The number of hydrogen-bond donors (Lipinski definition) is 1. The van der Waals surface area contributed by atoms with Gasteiger partial charge in [-0.15, -0.1) is 11.3 Å². The van der Waals surface area contributed by atoms with Gasteiger partial charge in [-0.25, -0.2) is 4.98 Å². The second-order valence-corrected chi connectivity index (χ2v) is 5.72. The van der Waals surface area contributed by atoms with E-state index in [1.165, 1.54) is 0 Å². The molecule has 0 amide bonds. The Hall–Kier alpha value is -1.27. The van der Waals surface area contributed by atoms with Gasteiger partial charge in [0.25, 0.3) is 0 Å². The lowest BCUT2D eigenvalue weighted by atomic mass is 10.0. The number of hydrogen-bond acceptors (Lipinski definition) is 6. The lowest BCUT2D eigenvalue weighted by molar-refractivity contribution is 0.350. The van der Waals surface area contributed by atoms with Gasteiger partial charge in [0.05, 0.1) is 6.42 Å². The van der Waals surface area contributed by atoms with E-state index in [4.69, 9.17) is 10.3 Å². The van der Waals surface area contributed by atoms with Crippen LogP contribution < -0.4 is 5.73 Å². The van der Waals surface area contributed by atoms with Gasteiger partial charge in [0.1, 0.15) is 5.01 Å². The number of rotatable bonds is 5. The largest absolute Gasteiger partial charge is 0.339 e. The molecule has 0 saturated heterocycles. The molecule has 98 valence electrons. The van der Waals surface area contributed by atoms with Crippen molar-refractivity contribution in [2.75, 3.05) is 0 Å². The van der Waals surface area contributed by atoms with Crippen LogP contribution in [0.25, 0.3) is 0 Å². The first-order chi connectivity index (χ1) is 8.54. The van der Waals surface area contributed by atoms with Crippen LogP contribution in [-0.2, 0) is 12.8 Å². The Bertz CT molecular complexity index is 506. The third-order valence-electron chi connectivity index (χ3n) is 2.75. The molecule has 0 saturated carbocycles. The molecule has 2 heterocycles. The molecule has 0 aliphatic heterocycles. The monoisotopic (exact) mass is 266 g/mol. The lowest BCUT2D eigenvalue weighted by Crippen LogP contribution is -2.28. The highest BCUT2D eigenvalue weighted by Crippen LogP contribution is 2.13. The summed E-state index contributed by atoms with van der Waals surface area (Å²) in [6, 6.07) is 0.0559. The third kappa shape index (κ3) is 3.36. The highest BCUT2D eigenvalue weighted by molar-refractivity contribution is 7.09. The summed E-state index contributed by atoms with van der Waals surface area (Å²) in [6.45, 7) is 6.14. The van der Waals surface area contributed by atoms with Gasteiger partial charge in [-0.2, -0.15) is 4.98 Å². The van der Waals surface area contributed by atoms with Crippen LogP contribution in [0.15, 0.2) is 9.90 Å². The van der Waals surface area contributed by atoms with E-state index in [1.807, 2.05) is 12.3 Å². The first kappa shape index (κ1) is 13.2. The predicted octanol–water partition coefficient (Wildman–Crippen LogP) is 1.95. The van der Waals surface area contributed by atoms with Crippen molar-refractivity contribution in [1.29, 1.82) is 0 Å². The Kier molecular flexibility index (Phi) is 4.08. The highest BCUT2D eigenvalue weighted by Gasteiger charge is 2.14. The molecule has 2 rings (SSSR count). The van der Waals surface area contributed by atoms with Crippen molar-refractivity contribution in [3.8, 4) is 0 Å². The molecule has 0 spiro atoms. The van der Waals surface area contributed by atoms with Crippen LogP contribution in [0.3, 0.4) is 0 Å². The molecule has 1 unspecified atom stereocenters. The van der Waals surface area contributed by atoms with Crippen molar-refractivity contribution in [2.45, 2.75) is 39.7 Å². The van der Waals surface area contributed by atoms with E-state index in [0.717, 1.165) is 10.7 Å². The first-order valence-corrected chi connectivity index (χ1v) is 6.90. The topological polar surface area (TPSA) is 77.8 Å². The summed E-state index contributed by atoms with van der Waals surface area (Å²) >= 11 is 1.61. The van der Waals surface area contributed by atoms with Gasteiger partial charge in [0.15, 0.2) is 5.82 Å². The van der Waals surface area contributed by atoms with Crippen LogP contribution in [-0.4, -0.2) is 21.2 Å². The molecule has 2 N–H and O–H groups in total. The first-order valence-electron chi connectivity index (χ1n) is 6.02. The zero-order chi connectivity index (χ0) is 13.1. The molecule has 18 heavy (non-hydrogen) atoms. The molecule has 2 aromatic heterocycles. The smallest absolute Gasteiger partial charge is 0.228 e. The Morgan fingerprint density at radius 3 is 2.78 bits per heavy atom. The maximum absolute atomic E-state index is 5.98. The van der Waals surface area contributed by atoms with E-state index in [-0.39, 0.29) is 6.04 Å². The number of aromatic nitrogens is 3. The molecule has 1 atom stereocenters. The maximum Gasteiger partial charge on any atom is 0.228 e. The number of nitrogens with two attached hydrogens (primary N) is 1. The molecule has 0 aliphatic carbocycles.